The lowest BCUT2D eigenvalue weighted by Gasteiger charge is -2.12. The van der Waals surface area contributed by atoms with Crippen molar-refractivity contribution >= 4 is 17.8 Å². The van der Waals surface area contributed by atoms with Crippen molar-refractivity contribution in [2.75, 3.05) is 7.11 Å². The standard InChI is InChI=1S/C9H13NO5/c1-5-4-9(5,8(13)14)10-6(11)3-7(12)15-2/h5H,3-4H2,1-2H3,(H,10,11)(H,13,14). The van der Waals surface area contributed by atoms with Crippen LogP contribution in [0.5, 0.6) is 0 Å². The summed E-state index contributed by atoms with van der Waals surface area (Å²) in [7, 11) is 1.17. The van der Waals surface area contributed by atoms with E-state index in [9.17, 15) is 14.4 Å². The van der Waals surface area contributed by atoms with Crippen molar-refractivity contribution in [2.45, 2.75) is 25.3 Å². The Morgan fingerprint density at radius 3 is 2.40 bits per heavy atom. The number of hydrogen-bond donors (Lipinski definition) is 2. The third-order valence-electron chi connectivity index (χ3n) is 2.59. The van der Waals surface area contributed by atoms with Gasteiger partial charge in [-0.3, -0.25) is 9.59 Å². The Kier molecular flexibility index (Phi) is 2.97. The van der Waals surface area contributed by atoms with Gasteiger partial charge in [-0.1, -0.05) is 6.92 Å². The van der Waals surface area contributed by atoms with Gasteiger partial charge >= 0.3 is 11.9 Å². The summed E-state index contributed by atoms with van der Waals surface area (Å²) in [5.41, 5.74) is -1.18. The number of hydrogen-bond acceptors (Lipinski definition) is 4. The topological polar surface area (TPSA) is 92.7 Å². The van der Waals surface area contributed by atoms with Gasteiger partial charge in [0.05, 0.1) is 7.11 Å². The fourth-order valence-corrected chi connectivity index (χ4v) is 1.45. The molecule has 2 atom stereocenters. The normalized spacial score (nSPS) is 28.0. The smallest absolute Gasteiger partial charge is 0.329 e. The number of nitrogens with one attached hydrogen (secondary N) is 1. The first-order valence-electron chi connectivity index (χ1n) is 4.53. The second kappa shape index (κ2) is 3.88. The molecule has 2 N–H and O–H groups in total. The molecule has 6 nitrogen and oxygen atoms in total. The minimum absolute atomic E-state index is 0.100. The lowest BCUT2D eigenvalue weighted by atomic mass is 10.2. The van der Waals surface area contributed by atoms with Crippen LogP contribution in [0.4, 0.5) is 0 Å². The highest BCUT2D eigenvalue weighted by atomic mass is 16.5. The molecule has 6 heteroatoms. The van der Waals surface area contributed by atoms with Gasteiger partial charge in [0.15, 0.2) is 0 Å². The number of carbonyl (C=O) groups is 3. The molecule has 0 spiro atoms. The van der Waals surface area contributed by atoms with E-state index >= 15 is 0 Å². The van der Waals surface area contributed by atoms with E-state index in [4.69, 9.17) is 5.11 Å². The summed E-state index contributed by atoms with van der Waals surface area (Å²) in [6.45, 7) is 1.73. The van der Waals surface area contributed by atoms with E-state index in [1.807, 2.05) is 0 Å². The van der Waals surface area contributed by atoms with Crippen LogP contribution in [-0.2, 0) is 19.1 Å². The van der Waals surface area contributed by atoms with Crippen molar-refractivity contribution in [3.8, 4) is 0 Å². The zero-order valence-corrected chi connectivity index (χ0v) is 8.57. The van der Waals surface area contributed by atoms with Gasteiger partial charge in [0, 0.05) is 0 Å². The molecule has 15 heavy (non-hydrogen) atoms. The molecule has 1 aliphatic carbocycles. The Hall–Kier alpha value is -1.59. The van der Waals surface area contributed by atoms with Crippen molar-refractivity contribution in [3.63, 3.8) is 0 Å². The van der Waals surface area contributed by atoms with Crippen molar-refractivity contribution < 1.29 is 24.2 Å². The van der Waals surface area contributed by atoms with Crippen molar-refractivity contribution in [2.24, 2.45) is 5.92 Å². The fraction of sp³-hybridized carbons (Fsp3) is 0.667. The largest absolute Gasteiger partial charge is 0.479 e. The van der Waals surface area contributed by atoms with E-state index in [1.54, 1.807) is 6.92 Å². The van der Waals surface area contributed by atoms with Crippen LogP contribution in [-0.4, -0.2) is 35.6 Å². The quantitative estimate of drug-likeness (QED) is 0.488. The third kappa shape index (κ3) is 2.26. The SMILES string of the molecule is COC(=O)CC(=O)NC1(C(=O)O)CC1C. The number of methoxy groups -OCH3 is 1. The maximum absolute atomic E-state index is 11.2. The van der Waals surface area contributed by atoms with Gasteiger partial charge in [0.1, 0.15) is 12.0 Å². The molecule has 0 aromatic carbocycles. The zero-order chi connectivity index (χ0) is 11.6. The predicted octanol–water partition coefficient (Wildman–Crippen LogP) is -0.471. The van der Waals surface area contributed by atoms with E-state index < -0.39 is 29.8 Å². The summed E-state index contributed by atoms with van der Waals surface area (Å²) in [4.78, 5) is 32.8. The Bertz CT molecular complexity index is 314. The van der Waals surface area contributed by atoms with Crippen molar-refractivity contribution in [1.82, 2.24) is 5.32 Å². The highest BCUT2D eigenvalue weighted by molar-refractivity contribution is 5.98. The average Bonchev–Trinajstić information content (AvgIpc) is 2.77. The van der Waals surface area contributed by atoms with E-state index in [-0.39, 0.29) is 5.92 Å². The Morgan fingerprint density at radius 2 is 2.07 bits per heavy atom. The van der Waals surface area contributed by atoms with Gasteiger partial charge in [0.25, 0.3) is 0 Å². The first-order chi connectivity index (χ1) is 6.92. The Morgan fingerprint density at radius 1 is 1.53 bits per heavy atom. The summed E-state index contributed by atoms with van der Waals surface area (Å²) < 4.78 is 4.30. The maximum Gasteiger partial charge on any atom is 0.329 e. The minimum Gasteiger partial charge on any atom is -0.479 e. The molecule has 1 fully saturated rings. The first kappa shape index (κ1) is 11.5. The average molecular weight is 215 g/mol. The number of rotatable bonds is 4. The highest BCUT2D eigenvalue weighted by Gasteiger charge is 2.59. The molecule has 0 heterocycles. The van der Waals surface area contributed by atoms with Crippen LogP contribution < -0.4 is 5.32 Å². The van der Waals surface area contributed by atoms with Gasteiger partial charge < -0.3 is 15.2 Å². The minimum atomic E-state index is -1.18. The lowest BCUT2D eigenvalue weighted by molar-refractivity contribution is -0.147. The van der Waals surface area contributed by atoms with Crippen molar-refractivity contribution in [3.05, 3.63) is 0 Å². The van der Waals surface area contributed by atoms with Gasteiger partial charge in [-0.15, -0.1) is 0 Å². The lowest BCUT2D eigenvalue weighted by Crippen LogP contribution is -2.45. The maximum atomic E-state index is 11.2. The molecule has 0 aromatic rings. The van der Waals surface area contributed by atoms with Crippen molar-refractivity contribution in [1.29, 1.82) is 0 Å². The summed E-state index contributed by atoms with van der Waals surface area (Å²) in [5, 5.41) is 11.2. The number of amides is 1. The summed E-state index contributed by atoms with van der Waals surface area (Å²) >= 11 is 0. The number of aliphatic carboxylic acids is 1. The molecule has 84 valence electrons. The molecule has 0 saturated heterocycles. The highest BCUT2D eigenvalue weighted by Crippen LogP contribution is 2.43. The molecule has 1 amide bonds. The predicted molar refractivity (Wildman–Crippen MR) is 48.9 cm³/mol. The van der Waals surface area contributed by atoms with E-state index in [0.717, 1.165) is 0 Å². The van der Waals surface area contributed by atoms with Crippen LogP contribution >= 0.6 is 0 Å². The molecule has 2 unspecified atom stereocenters. The monoisotopic (exact) mass is 215 g/mol. The molecular formula is C9H13NO5. The van der Waals surface area contributed by atoms with E-state index in [2.05, 4.69) is 10.1 Å². The van der Waals surface area contributed by atoms with Crippen LogP contribution in [0, 0.1) is 5.92 Å². The van der Waals surface area contributed by atoms with Crippen LogP contribution in [0.1, 0.15) is 19.8 Å². The number of carboxylic acid groups (broad SMARTS) is 1. The van der Waals surface area contributed by atoms with Gasteiger partial charge in [-0.2, -0.15) is 0 Å². The van der Waals surface area contributed by atoms with Crippen LogP contribution in [0.15, 0.2) is 0 Å². The summed E-state index contributed by atoms with van der Waals surface area (Å²) in [6, 6.07) is 0. The molecule has 0 radical (unpaired) electrons. The van der Waals surface area contributed by atoms with Gasteiger partial charge in [0.2, 0.25) is 5.91 Å². The first-order valence-corrected chi connectivity index (χ1v) is 4.53. The molecule has 0 aliphatic heterocycles. The van der Waals surface area contributed by atoms with Gasteiger partial charge in [-0.05, 0) is 12.3 Å². The van der Waals surface area contributed by atoms with E-state index in [0.29, 0.717) is 6.42 Å². The Balaban J connectivity index is 2.51. The van der Waals surface area contributed by atoms with Gasteiger partial charge in [-0.25, -0.2) is 4.79 Å². The molecule has 1 aliphatic rings. The number of ether oxygens (including phenoxy) is 1. The Labute approximate surface area is 86.6 Å². The van der Waals surface area contributed by atoms with E-state index in [1.165, 1.54) is 7.11 Å². The second-order valence-electron chi connectivity index (χ2n) is 3.68. The summed E-state index contributed by atoms with van der Waals surface area (Å²) in [5.74, 6) is -2.46. The number of esters is 1. The third-order valence-corrected chi connectivity index (χ3v) is 2.59. The number of carbonyl (C=O) groups excluding carboxylic acids is 2. The fourth-order valence-electron chi connectivity index (χ4n) is 1.45. The van der Waals surface area contributed by atoms with Crippen LogP contribution in [0.2, 0.25) is 0 Å². The zero-order valence-electron chi connectivity index (χ0n) is 8.57. The second-order valence-corrected chi connectivity index (χ2v) is 3.68. The number of carboxylic acids is 1. The summed E-state index contributed by atoms with van der Waals surface area (Å²) in [6.07, 6.45) is -0.0481. The molecule has 1 saturated carbocycles. The molecular weight excluding hydrogens is 202 g/mol. The molecule has 0 bridgehead atoms. The van der Waals surface area contributed by atoms with Crippen LogP contribution in [0.25, 0.3) is 0 Å². The van der Waals surface area contributed by atoms with Crippen LogP contribution in [0.3, 0.4) is 0 Å². The molecule has 1 rings (SSSR count). The molecule has 0 aromatic heterocycles.